The maximum atomic E-state index is 12.8. The van der Waals surface area contributed by atoms with E-state index in [2.05, 4.69) is 15.3 Å². The predicted octanol–water partition coefficient (Wildman–Crippen LogP) is 2.65. The number of nitrogens with one attached hydrogen (secondary N) is 2. The summed E-state index contributed by atoms with van der Waals surface area (Å²) in [6.45, 7) is 0. The molecular formula is C19H14N4O2. The van der Waals surface area contributed by atoms with Gasteiger partial charge >= 0.3 is 0 Å². The second-order valence-corrected chi connectivity index (χ2v) is 6.19. The highest BCUT2D eigenvalue weighted by Crippen LogP contribution is 2.35. The fourth-order valence-corrected chi connectivity index (χ4v) is 3.62. The normalized spacial score (nSPS) is 16.8. The van der Waals surface area contributed by atoms with Gasteiger partial charge in [-0.05, 0) is 17.7 Å². The first kappa shape index (κ1) is 14.0. The number of para-hydroxylation sites is 2. The molecule has 0 bridgehead atoms. The first-order valence-corrected chi connectivity index (χ1v) is 8.10. The maximum absolute atomic E-state index is 12.8. The van der Waals surface area contributed by atoms with E-state index in [0.717, 1.165) is 16.6 Å². The number of imidazole rings is 1. The van der Waals surface area contributed by atoms with Crippen molar-refractivity contribution in [2.75, 3.05) is 5.32 Å². The standard InChI is InChI=1S/C19H14N4O2/c24-15-10-12(11-6-2-1-3-7-11)16-17(21-15)23-14-9-5-4-8-13(14)20-19(23)22-18(16)25/h1-9,12H,10H2,(H,21,24)(H,20,22,25). The van der Waals surface area contributed by atoms with Crippen LogP contribution in [0.4, 0.5) is 5.82 Å². The van der Waals surface area contributed by atoms with E-state index in [1.165, 1.54) is 0 Å². The van der Waals surface area contributed by atoms with Crippen LogP contribution < -0.4 is 10.9 Å². The lowest BCUT2D eigenvalue weighted by Crippen LogP contribution is -2.32. The van der Waals surface area contributed by atoms with E-state index in [0.29, 0.717) is 17.2 Å². The Kier molecular flexibility index (Phi) is 2.82. The Morgan fingerprint density at radius 2 is 1.76 bits per heavy atom. The van der Waals surface area contributed by atoms with Crippen molar-refractivity contribution in [3.63, 3.8) is 0 Å². The number of nitrogens with zero attached hydrogens (tertiary/aromatic N) is 2. The summed E-state index contributed by atoms with van der Waals surface area (Å²) in [7, 11) is 0. The van der Waals surface area contributed by atoms with Gasteiger partial charge < -0.3 is 5.32 Å². The van der Waals surface area contributed by atoms with Crippen molar-refractivity contribution in [3.05, 3.63) is 76.1 Å². The van der Waals surface area contributed by atoms with Gasteiger partial charge in [-0.25, -0.2) is 4.98 Å². The fourth-order valence-electron chi connectivity index (χ4n) is 3.62. The lowest BCUT2D eigenvalue weighted by atomic mass is 9.87. The van der Waals surface area contributed by atoms with Gasteiger partial charge in [0.1, 0.15) is 5.82 Å². The van der Waals surface area contributed by atoms with Gasteiger partial charge in [0.15, 0.2) is 0 Å². The van der Waals surface area contributed by atoms with E-state index >= 15 is 0 Å². The summed E-state index contributed by atoms with van der Waals surface area (Å²) in [5.41, 5.74) is 2.92. The van der Waals surface area contributed by atoms with Crippen LogP contribution in [0.3, 0.4) is 0 Å². The van der Waals surface area contributed by atoms with Crippen molar-refractivity contribution in [1.29, 1.82) is 0 Å². The highest BCUT2D eigenvalue weighted by atomic mass is 16.2. The number of anilines is 1. The number of H-pyrrole nitrogens is 1. The van der Waals surface area contributed by atoms with Crippen LogP contribution >= 0.6 is 0 Å². The Hall–Kier alpha value is -3.41. The van der Waals surface area contributed by atoms with E-state index < -0.39 is 0 Å². The van der Waals surface area contributed by atoms with Crippen molar-refractivity contribution in [3.8, 4) is 0 Å². The summed E-state index contributed by atoms with van der Waals surface area (Å²) >= 11 is 0. The molecule has 1 atom stereocenters. The van der Waals surface area contributed by atoms with Crippen LogP contribution in [-0.4, -0.2) is 20.3 Å². The number of hydrogen-bond acceptors (Lipinski definition) is 3. The molecule has 1 amide bonds. The number of hydrogen-bond donors (Lipinski definition) is 2. The average molecular weight is 330 g/mol. The molecule has 0 saturated heterocycles. The summed E-state index contributed by atoms with van der Waals surface area (Å²) < 4.78 is 1.82. The largest absolute Gasteiger partial charge is 0.311 e. The van der Waals surface area contributed by atoms with Gasteiger partial charge in [0, 0.05) is 12.3 Å². The fraction of sp³-hybridized carbons (Fsp3) is 0.105. The van der Waals surface area contributed by atoms with Gasteiger partial charge in [-0.2, -0.15) is 0 Å². The number of carbonyl (C=O) groups is 1. The van der Waals surface area contributed by atoms with Gasteiger partial charge in [-0.3, -0.25) is 19.0 Å². The molecule has 6 nitrogen and oxygen atoms in total. The zero-order valence-corrected chi connectivity index (χ0v) is 13.2. The predicted molar refractivity (Wildman–Crippen MR) is 94.9 cm³/mol. The van der Waals surface area contributed by atoms with E-state index in [1.54, 1.807) is 0 Å². The average Bonchev–Trinajstić information content (AvgIpc) is 3.00. The highest BCUT2D eigenvalue weighted by Gasteiger charge is 2.31. The number of aromatic nitrogens is 3. The molecule has 6 heteroatoms. The molecule has 0 saturated carbocycles. The van der Waals surface area contributed by atoms with Crippen molar-refractivity contribution in [2.45, 2.75) is 12.3 Å². The monoisotopic (exact) mass is 330 g/mol. The Morgan fingerprint density at radius 1 is 1.00 bits per heavy atom. The van der Waals surface area contributed by atoms with Crippen LogP contribution in [0.5, 0.6) is 0 Å². The zero-order chi connectivity index (χ0) is 17.0. The molecule has 5 rings (SSSR count). The summed E-state index contributed by atoms with van der Waals surface area (Å²) in [4.78, 5) is 32.5. The zero-order valence-electron chi connectivity index (χ0n) is 13.2. The minimum Gasteiger partial charge on any atom is -0.311 e. The molecule has 0 aliphatic carbocycles. The van der Waals surface area contributed by atoms with Crippen LogP contribution in [0.15, 0.2) is 59.4 Å². The second-order valence-electron chi connectivity index (χ2n) is 6.19. The number of benzene rings is 2. The Morgan fingerprint density at radius 3 is 2.60 bits per heavy atom. The molecule has 3 heterocycles. The van der Waals surface area contributed by atoms with E-state index in [-0.39, 0.29) is 23.8 Å². The van der Waals surface area contributed by atoms with Crippen LogP contribution in [0.2, 0.25) is 0 Å². The van der Waals surface area contributed by atoms with E-state index in [4.69, 9.17) is 0 Å². The smallest absolute Gasteiger partial charge is 0.258 e. The first-order chi connectivity index (χ1) is 12.2. The van der Waals surface area contributed by atoms with Gasteiger partial charge in [-0.1, -0.05) is 42.5 Å². The van der Waals surface area contributed by atoms with E-state index in [9.17, 15) is 9.59 Å². The Balaban J connectivity index is 1.89. The van der Waals surface area contributed by atoms with Crippen molar-refractivity contribution in [1.82, 2.24) is 14.4 Å². The Labute approximate surface area is 142 Å². The molecular weight excluding hydrogens is 316 g/mol. The molecule has 1 aliphatic rings. The summed E-state index contributed by atoms with van der Waals surface area (Å²) in [5.74, 6) is 0.557. The van der Waals surface area contributed by atoms with Crippen LogP contribution in [0.1, 0.15) is 23.5 Å². The molecule has 2 N–H and O–H groups in total. The lowest BCUT2D eigenvalue weighted by Gasteiger charge is -2.25. The minimum atomic E-state index is -0.278. The second kappa shape index (κ2) is 5.04. The third-order valence-corrected chi connectivity index (χ3v) is 4.71. The number of aromatic amines is 1. The minimum absolute atomic E-state index is 0.106. The van der Waals surface area contributed by atoms with Gasteiger partial charge in [0.25, 0.3) is 5.56 Å². The molecule has 122 valence electrons. The molecule has 4 aromatic rings. The molecule has 1 unspecified atom stereocenters. The number of rotatable bonds is 1. The number of carbonyl (C=O) groups excluding carboxylic acids is 1. The first-order valence-electron chi connectivity index (χ1n) is 8.10. The summed E-state index contributed by atoms with van der Waals surface area (Å²) in [5, 5.41) is 2.89. The molecule has 0 fully saturated rings. The summed E-state index contributed by atoms with van der Waals surface area (Å²) in [6.07, 6.45) is 0.248. The SMILES string of the molecule is O=C1CC(c2ccccc2)c2c(n3c(nc4ccccc43)[nH]c2=O)N1. The highest BCUT2D eigenvalue weighted by molar-refractivity contribution is 5.96. The van der Waals surface area contributed by atoms with Gasteiger partial charge in [0.2, 0.25) is 11.7 Å². The number of fused-ring (bicyclic) bond motifs is 5. The molecule has 0 spiro atoms. The maximum Gasteiger partial charge on any atom is 0.258 e. The lowest BCUT2D eigenvalue weighted by molar-refractivity contribution is -0.116. The summed E-state index contributed by atoms with van der Waals surface area (Å²) in [6, 6.07) is 17.3. The van der Waals surface area contributed by atoms with Crippen LogP contribution in [0.25, 0.3) is 16.8 Å². The molecule has 2 aromatic heterocycles. The van der Waals surface area contributed by atoms with Crippen LogP contribution in [0, 0.1) is 0 Å². The van der Waals surface area contributed by atoms with E-state index in [1.807, 2.05) is 59.0 Å². The topological polar surface area (TPSA) is 79.3 Å². The van der Waals surface area contributed by atoms with Gasteiger partial charge in [0.05, 0.1) is 16.6 Å². The third-order valence-electron chi connectivity index (χ3n) is 4.71. The van der Waals surface area contributed by atoms with Crippen molar-refractivity contribution in [2.24, 2.45) is 0 Å². The van der Waals surface area contributed by atoms with Crippen molar-refractivity contribution < 1.29 is 4.79 Å². The third kappa shape index (κ3) is 2.00. The molecule has 2 aromatic carbocycles. The van der Waals surface area contributed by atoms with Gasteiger partial charge in [-0.15, -0.1) is 0 Å². The van der Waals surface area contributed by atoms with Crippen molar-refractivity contribution >= 4 is 28.5 Å². The number of amides is 1. The Bertz CT molecular complexity index is 1190. The molecule has 1 aliphatic heterocycles. The molecule has 25 heavy (non-hydrogen) atoms. The quantitative estimate of drug-likeness (QED) is 0.563. The molecule has 0 radical (unpaired) electrons. The van der Waals surface area contributed by atoms with Crippen LogP contribution in [-0.2, 0) is 4.79 Å².